The second-order valence-electron chi connectivity index (χ2n) is 6.44. The summed E-state index contributed by atoms with van der Waals surface area (Å²) in [6.45, 7) is 16.0. The zero-order valence-electron chi connectivity index (χ0n) is 12.8. The smallest absolute Gasteiger partial charge is 0.334 e. The fourth-order valence-electron chi connectivity index (χ4n) is 2.47. The fourth-order valence-corrected chi connectivity index (χ4v) is 4.52. The molecule has 19 heavy (non-hydrogen) atoms. The predicted molar refractivity (Wildman–Crippen MR) is 79.6 cm³/mol. The topological polar surface area (TPSA) is 43.4 Å². The van der Waals surface area contributed by atoms with Gasteiger partial charge in [0, 0.05) is 5.57 Å². The monoisotopic (exact) mass is 280 g/mol. The van der Waals surface area contributed by atoms with Crippen LogP contribution in [0.25, 0.3) is 0 Å². The quantitative estimate of drug-likeness (QED) is 0.451. The maximum Gasteiger partial charge on any atom is 0.334 e. The number of carbonyl (C=O) groups excluding carboxylic acids is 2. The van der Waals surface area contributed by atoms with E-state index in [9.17, 15) is 9.59 Å². The van der Waals surface area contributed by atoms with Gasteiger partial charge in [-0.3, -0.25) is 4.79 Å². The normalized spacial score (nSPS) is 23.8. The molecule has 1 atom stereocenters. The first-order valence-electron chi connectivity index (χ1n) is 6.67. The van der Waals surface area contributed by atoms with Gasteiger partial charge in [-0.05, 0) is 32.4 Å². The van der Waals surface area contributed by atoms with Crippen molar-refractivity contribution in [3.63, 3.8) is 0 Å². The van der Waals surface area contributed by atoms with Crippen LogP contribution in [0.4, 0.5) is 0 Å². The van der Waals surface area contributed by atoms with Gasteiger partial charge < -0.3 is 4.74 Å². The lowest BCUT2D eigenvalue weighted by Crippen LogP contribution is -2.34. The molecule has 0 bridgehead atoms. The number of ether oxygens (including phenoxy) is 1. The lowest BCUT2D eigenvalue weighted by Gasteiger charge is -2.25. The Morgan fingerprint density at radius 3 is 2.32 bits per heavy atom. The summed E-state index contributed by atoms with van der Waals surface area (Å²) in [4.78, 5) is 24.9. The zero-order valence-corrected chi connectivity index (χ0v) is 13.8. The summed E-state index contributed by atoms with van der Waals surface area (Å²) in [7, 11) is -1.89. The number of ketones is 1. The lowest BCUT2D eigenvalue weighted by atomic mass is 9.80. The molecule has 4 heteroatoms. The van der Waals surface area contributed by atoms with Crippen molar-refractivity contribution in [2.45, 2.75) is 46.8 Å². The van der Waals surface area contributed by atoms with E-state index in [-0.39, 0.29) is 11.8 Å². The third-order valence-electron chi connectivity index (χ3n) is 3.77. The number of Topliss-reactive ketones (excluding diaryl/α,β-unsaturated/α-hetero) is 1. The third kappa shape index (κ3) is 2.73. The molecule has 1 aliphatic carbocycles. The molecule has 0 saturated heterocycles. The van der Waals surface area contributed by atoms with Crippen molar-refractivity contribution < 1.29 is 14.3 Å². The summed E-state index contributed by atoms with van der Waals surface area (Å²) < 4.78 is 5.12. The lowest BCUT2D eigenvalue weighted by molar-refractivity contribution is -0.138. The molecule has 0 saturated carbocycles. The van der Waals surface area contributed by atoms with Gasteiger partial charge in [0.25, 0.3) is 0 Å². The number of allylic oxidation sites excluding steroid dienone is 2. The first kappa shape index (κ1) is 15.9. The Kier molecular flexibility index (Phi) is 4.25. The van der Waals surface area contributed by atoms with Gasteiger partial charge in [-0.1, -0.05) is 31.8 Å². The van der Waals surface area contributed by atoms with Crippen molar-refractivity contribution in [2.75, 3.05) is 6.61 Å². The average Bonchev–Trinajstić information content (AvgIpc) is 2.53. The standard InChI is InChI=1S/C15H24O3Si/c1-8-18-14(17)11-9-15(4,10(2)3)13(16)12(11)19(5,6)7/h2,8-9H2,1,3-7H3. The molecule has 0 N–H and O–H groups in total. The van der Waals surface area contributed by atoms with E-state index in [2.05, 4.69) is 26.2 Å². The van der Waals surface area contributed by atoms with Gasteiger partial charge >= 0.3 is 5.97 Å². The van der Waals surface area contributed by atoms with Gasteiger partial charge in [0.15, 0.2) is 5.78 Å². The van der Waals surface area contributed by atoms with Crippen LogP contribution >= 0.6 is 0 Å². The van der Waals surface area contributed by atoms with Crippen LogP contribution in [0.2, 0.25) is 19.6 Å². The molecule has 1 unspecified atom stereocenters. The van der Waals surface area contributed by atoms with E-state index in [0.717, 1.165) is 10.8 Å². The van der Waals surface area contributed by atoms with Crippen LogP contribution in [0.1, 0.15) is 27.2 Å². The van der Waals surface area contributed by atoms with Crippen LogP contribution in [0, 0.1) is 5.41 Å². The minimum atomic E-state index is -1.89. The van der Waals surface area contributed by atoms with Crippen LogP contribution in [0.5, 0.6) is 0 Å². The number of esters is 1. The van der Waals surface area contributed by atoms with Crippen LogP contribution in [0.15, 0.2) is 22.9 Å². The van der Waals surface area contributed by atoms with Crippen LogP contribution in [-0.4, -0.2) is 26.4 Å². The summed E-state index contributed by atoms with van der Waals surface area (Å²) in [6.07, 6.45) is 0.430. The molecular weight excluding hydrogens is 256 g/mol. The van der Waals surface area contributed by atoms with Crippen molar-refractivity contribution in [1.82, 2.24) is 0 Å². The highest BCUT2D eigenvalue weighted by molar-refractivity contribution is 6.88. The van der Waals surface area contributed by atoms with Gasteiger partial charge in [0.05, 0.1) is 20.1 Å². The highest BCUT2D eigenvalue weighted by atomic mass is 28.3. The largest absolute Gasteiger partial charge is 0.463 e. The maximum absolute atomic E-state index is 12.7. The number of rotatable bonds is 4. The molecule has 0 amide bonds. The van der Waals surface area contributed by atoms with E-state index in [4.69, 9.17) is 4.74 Å². The summed E-state index contributed by atoms with van der Waals surface area (Å²) in [5.41, 5.74) is 0.751. The SMILES string of the molecule is C=C(C)C1(C)CC(C(=O)OCC)=C([Si](C)(C)C)C1=O. The van der Waals surface area contributed by atoms with Crippen LogP contribution in [0.3, 0.4) is 0 Å². The van der Waals surface area contributed by atoms with E-state index in [0.29, 0.717) is 18.6 Å². The summed E-state index contributed by atoms with van der Waals surface area (Å²) in [6, 6.07) is 0. The Balaban J connectivity index is 3.35. The molecule has 106 valence electrons. The van der Waals surface area contributed by atoms with Gasteiger partial charge in [-0.15, -0.1) is 0 Å². The Hall–Kier alpha value is -1.16. The molecule has 1 aliphatic rings. The van der Waals surface area contributed by atoms with Crippen molar-refractivity contribution in [3.05, 3.63) is 22.9 Å². The van der Waals surface area contributed by atoms with Gasteiger partial charge in [-0.25, -0.2) is 4.79 Å². The second kappa shape index (κ2) is 5.08. The van der Waals surface area contributed by atoms with Gasteiger partial charge in [0.2, 0.25) is 0 Å². The molecule has 3 nitrogen and oxygen atoms in total. The number of hydrogen-bond acceptors (Lipinski definition) is 3. The number of hydrogen-bond donors (Lipinski definition) is 0. The molecule has 0 fully saturated rings. The minimum absolute atomic E-state index is 0.0715. The minimum Gasteiger partial charge on any atom is -0.463 e. The van der Waals surface area contributed by atoms with Crippen molar-refractivity contribution in [1.29, 1.82) is 0 Å². The fraction of sp³-hybridized carbons (Fsp3) is 0.600. The molecule has 0 aromatic heterocycles. The molecule has 1 rings (SSSR count). The molecule has 0 aromatic carbocycles. The highest BCUT2D eigenvalue weighted by Crippen LogP contribution is 2.46. The van der Waals surface area contributed by atoms with Gasteiger partial charge in [0.1, 0.15) is 0 Å². The van der Waals surface area contributed by atoms with E-state index < -0.39 is 13.5 Å². The predicted octanol–water partition coefficient (Wildman–Crippen LogP) is 3.28. The van der Waals surface area contributed by atoms with E-state index in [1.165, 1.54) is 0 Å². The third-order valence-corrected chi connectivity index (χ3v) is 5.80. The molecule has 0 spiro atoms. The zero-order chi connectivity index (χ0) is 15.0. The van der Waals surface area contributed by atoms with E-state index >= 15 is 0 Å². The Labute approximate surface area is 116 Å². The average molecular weight is 280 g/mol. The molecular formula is C15H24O3Si. The first-order chi connectivity index (χ1) is 8.55. The van der Waals surface area contributed by atoms with Crippen molar-refractivity contribution >= 4 is 19.8 Å². The molecule has 0 aromatic rings. The van der Waals surface area contributed by atoms with Crippen molar-refractivity contribution in [3.8, 4) is 0 Å². The first-order valence-corrected chi connectivity index (χ1v) is 10.2. The molecule has 0 radical (unpaired) electrons. The Bertz CT molecular complexity index is 468. The highest BCUT2D eigenvalue weighted by Gasteiger charge is 2.49. The number of carbonyl (C=O) groups is 2. The summed E-state index contributed by atoms with van der Waals surface area (Å²) in [5, 5.41) is 0.733. The van der Waals surface area contributed by atoms with E-state index in [1.54, 1.807) is 6.92 Å². The van der Waals surface area contributed by atoms with Crippen LogP contribution < -0.4 is 0 Å². The Morgan fingerprint density at radius 2 is 1.95 bits per heavy atom. The summed E-state index contributed by atoms with van der Waals surface area (Å²) in [5.74, 6) is -0.263. The second-order valence-corrected chi connectivity index (χ2v) is 11.4. The maximum atomic E-state index is 12.7. The van der Waals surface area contributed by atoms with Gasteiger partial charge in [-0.2, -0.15) is 0 Å². The Morgan fingerprint density at radius 1 is 1.42 bits per heavy atom. The summed E-state index contributed by atoms with van der Waals surface area (Å²) >= 11 is 0. The van der Waals surface area contributed by atoms with Crippen LogP contribution in [-0.2, 0) is 14.3 Å². The van der Waals surface area contributed by atoms with E-state index in [1.807, 2.05) is 13.8 Å². The molecule has 0 heterocycles. The van der Waals surface area contributed by atoms with Crippen molar-refractivity contribution in [2.24, 2.45) is 5.41 Å². The molecule has 0 aliphatic heterocycles.